The minimum Gasteiger partial charge on any atom is -0.484 e. The van der Waals surface area contributed by atoms with Gasteiger partial charge in [-0.1, -0.05) is 35.3 Å². The summed E-state index contributed by atoms with van der Waals surface area (Å²) in [5.74, 6) is -0.171. The second-order valence-electron chi connectivity index (χ2n) is 8.79. The second-order valence-corrected chi connectivity index (χ2v) is 9.66. The zero-order valence-corrected chi connectivity index (χ0v) is 22.2. The molecule has 1 aliphatic rings. The van der Waals surface area contributed by atoms with Crippen molar-refractivity contribution in [1.29, 1.82) is 0 Å². The Labute approximate surface area is 230 Å². The third-order valence-corrected chi connectivity index (χ3v) is 6.61. The van der Waals surface area contributed by atoms with E-state index in [1.807, 2.05) is 11.8 Å². The van der Waals surface area contributed by atoms with Gasteiger partial charge in [0.15, 0.2) is 19.4 Å². The maximum atomic E-state index is 13.4. The van der Waals surface area contributed by atoms with Gasteiger partial charge < -0.3 is 19.1 Å². The second kappa shape index (κ2) is 13.0. The van der Waals surface area contributed by atoms with Crippen LogP contribution in [-0.4, -0.2) is 60.2 Å². The fraction of sp³-hybridized carbons (Fsp3) is 0.286. The molecule has 1 heterocycles. The van der Waals surface area contributed by atoms with Crippen LogP contribution in [0.25, 0.3) is 0 Å². The third-order valence-electron chi connectivity index (χ3n) is 6.11. The number of benzene rings is 3. The molecule has 7 nitrogen and oxygen atoms in total. The van der Waals surface area contributed by atoms with Gasteiger partial charge in [-0.3, -0.25) is 9.69 Å². The Morgan fingerprint density at radius 2 is 1.39 bits per heavy atom. The predicted octanol–water partition coefficient (Wildman–Crippen LogP) is 5.19. The minimum absolute atomic E-state index is 0.176. The first-order chi connectivity index (χ1) is 18.3. The Morgan fingerprint density at radius 3 is 1.97 bits per heavy atom. The van der Waals surface area contributed by atoms with E-state index in [-0.39, 0.29) is 24.9 Å². The van der Waals surface area contributed by atoms with Crippen LogP contribution < -0.4 is 9.47 Å². The maximum absolute atomic E-state index is 13.4. The van der Waals surface area contributed by atoms with Crippen LogP contribution in [0.4, 0.5) is 4.39 Å². The number of ether oxygens (including phenoxy) is 3. The van der Waals surface area contributed by atoms with E-state index in [1.54, 1.807) is 65.6 Å². The van der Waals surface area contributed by atoms with Crippen molar-refractivity contribution in [3.8, 4) is 11.5 Å². The smallest absolute Gasteiger partial charge is 0.345 e. The molecule has 2 atom stereocenters. The first-order valence-electron chi connectivity index (χ1n) is 12.0. The lowest BCUT2D eigenvalue weighted by Crippen LogP contribution is -2.61. The summed E-state index contributed by atoms with van der Waals surface area (Å²) in [5, 5.41) is 1.12. The lowest BCUT2D eigenvalue weighted by Gasteiger charge is -2.45. The van der Waals surface area contributed by atoms with Gasteiger partial charge in [-0.15, -0.1) is 0 Å². The molecule has 0 spiro atoms. The number of nitrogens with zero attached hydrogens (tertiary/aromatic N) is 2. The van der Waals surface area contributed by atoms with Crippen molar-refractivity contribution in [2.45, 2.75) is 25.7 Å². The van der Waals surface area contributed by atoms with Crippen LogP contribution in [0.1, 0.15) is 12.5 Å². The molecule has 0 saturated carbocycles. The summed E-state index contributed by atoms with van der Waals surface area (Å²) in [6.07, 6.45) is -0.755. The Kier molecular flexibility index (Phi) is 9.44. The monoisotopic (exact) mass is 560 g/mol. The molecule has 1 aliphatic heterocycles. The number of halogens is 3. The zero-order valence-electron chi connectivity index (χ0n) is 20.7. The van der Waals surface area contributed by atoms with Gasteiger partial charge in [0.25, 0.3) is 5.91 Å². The largest absolute Gasteiger partial charge is 0.484 e. The molecule has 0 aliphatic carbocycles. The molecule has 0 aromatic heterocycles. The molecule has 0 radical (unpaired) electrons. The first-order valence-corrected chi connectivity index (χ1v) is 12.8. The van der Waals surface area contributed by atoms with E-state index in [0.717, 1.165) is 5.56 Å². The average molecular weight is 561 g/mol. The van der Waals surface area contributed by atoms with Gasteiger partial charge in [0, 0.05) is 29.7 Å². The van der Waals surface area contributed by atoms with Crippen LogP contribution in [0, 0.1) is 5.82 Å². The fourth-order valence-electron chi connectivity index (χ4n) is 4.14. The van der Waals surface area contributed by atoms with Gasteiger partial charge in [0.1, 0.15) is 17.3 Å². The predicted molar refractivity (Wildman–Crippen MR) is 142 cm³/mol. The van der Waals surface area contributed by atoms with Crippen molar-refractivity contribution in [3.05, 3.63) is 94.2 Å². The number of amides is 1. The summed E-state index contributed by atoms with van der Waals surface area (Å²) >= 11 is 11.8. The van der Waals surface area contributed by atoms with Crippen LogP contribution >= 0.6 is 23.2 Å². The number of esters is 1. The van der Waals surface area contributed by atoms with E-state index >= 15 is 0 Å². The van der Waals surface area contributed by atoms with E-state index in [2.05, 4.69) is 0 Å². The third kappa shape index (κ3) is 7.60. The molecular weight excluding hydrogens is 534 g/mol. The van der Waals surface area contributed by atoms with Crippen molar-refractivity contribution in [1.82, 2.24) is 9.80 Å². The number of carbonyl (C=O) groups excluding carboxylic acids is 2. The summed E-state index contributed by atoms with van der Waals surface area (Å²) in [6.45, 7) is 2.57. The highest BCUT2D eigenvalue weighted by atomic mass is 35.5. The summed E-state index contributed by atoms with van der Waals surface area (Å²) in [5.41, 5.74) is 0.850. The van der Waals surface area contributed by atoms with Crippen molar-refractivity contribution in [2.24, 2.45) is 0 Å². The van der Waals surface area contributed by atoms with E-state index in [4.69, 9.17) is 37.4 Å². The van der Waals surface area contributed by atoms with Gasteiger partial charge in [0.05, 0.1) is 6.04 Å². The van der Waals surface area contributed by atoms with Crippen molar-refractivity contribution >= 4 is 35.1 Å². The van der Waals surface area contributed by atoms with Crippen molar-refractivity contribution < 1.29 is 28.2 Å². The van der Waals surface area contributed by atoms with Crippen LogP contribution in [0.3, 0.4) is 0 Å². The highest BCUT2D eigenvalue weighted by Gasteiger charge is 2.38. The molecule has 38 heavy (non-hydrogen) atoms. The van der Waals surface area contributed by atoms with Crippen LogP contribution in [0.2, 0.25) is 10.0 Å². The average Bonchev–Trinajstić information content (AvgIpc) is 2.91. The Morgan fingerprint density at radius 1 is 0.842 bits per heavy atom. The molecule has 4 rings (SSSR count). The van der Waals surface area contributed by atoms with Crippen LogP contribution in [0.5, 0.6) is 11.5 Å². The van der Waals surface area contributed by atoms with Gasteiger partial charge in [-0.2, -0.15) is 0 Å². The normalized spacial score (nSPS) is 17.6. The van der Waals surface area contributed by atoms with Crippen LogP contribution in [0.15, 0.2) is 72.8 Å². The van der Waals surface area contributed by atoms with E-state index in [1.165, 1.54) is 12.1 Å². The number of carbonyl (C=O) groups is 2. The minimum atomic E-state index is -0.755. The maximum Gasteiger partial charge on any atom is 0.345 e. The number of hydrogen-bond acceptors (Lipinski definition) is 6. The standard InChI is InChI=1S/C28H27Cl2FN2O5/c1-19-28(38-27(35)18-37-25-12-6-22(30)7-13-25)32(16-20-2-8-23(31)9-3-20)14-15-33(19)26(34)17-36-24-10-4-21(29)5-11-24/h2-13,19,28H,14-18H2,1H3. The van der Waals surface area contributed by atoms with E-state index in [9.17, 15) is 14.0 Å². The first kappa shape index (κ1) is 27.7. The molecule has 1 fully saturated rings. The van der Waals surface area contributed by atoms with Gasteiger partial charge in [0.2, 0.25) is 0 Å². The molecule has 0 bridgehead atoms. The molecule has 200 valence electrons. The highest BCUT2D eigenvalue weighted by Crippen LogP contribution is 2.23. The molecule has 1 amide bonds. The number of rotatable bonds is 9. The summed E-state index contributed by atoms with van der Waals surface area (Å²) in [7, 11) is 0. The molecule has 10 heteroatoms. The molecule has 0 N–H and O–H groups in total. The number of hydrogen-bond donors (Lipinski definition) is 0. The van der Waals surface area contributed by atoms with Crippen molar-refractivity contribution in [2.75, 3.05) is 26.3 Å². The Hall–Kier alpha value is -3.33. The Bertz CT molecular complexity index is 1230. The number of piperazine rings is 1. The van der Waals surface area contributed by atoms with Gasteiger partial charge in [-0.05, 0) is 73.2 Å². The molecule has 1 saturated heterocycles. The SMILES string of the molecule is CC1C(OC(=O)COc2ccc(Cl)cc2)N(Cc2ccc(F)cc2)CCN1C(=O)COc1ccc(Cl)cc1. The quantitative estimate of drug-likeness (QED) is 0.335. The zero-order chi connectivity index (χ0) is 27.1. The molecule has 3 aromatic rings. The van der Waals surface area contributed by atoms with Gasteiger partial charge in [-0.25, -0.2) is 9.18 Å². The lowest BCUT2D eigenvalue weighted by atomic mass is 10.1. The molecule has 3 aromatic carbocycles. The summed E-state index contributed by atoms with van der Waals surface area (Å²) in [4.78, 5) is 29.4. The topological polar surface area (TPSA) is 68.3 Å². The fourth-order valence-corrected chi connectivity index (χ4v) is 4.40. The van der Waals surface area contributed by atoms with Gasteiger partial charge >= 0.3 is 5.97 Å². The molecule has 2 unspecified atom stereocenters. The summed E-state index contributed by atoms with van der Waals surface area (Å²) < 4.78 is 30.4. The van der Waals surface area contributed by atoms with Crippen LogP contribution in [-0.2, 0) is 20.9 Å². The lowest BCUT2D eigenvalue weighted by molar-refractivity contribution is -0.181. The van der Waals surface area contributed by atoms with Crippen molar-refractivity contribution in [3.63, 3.8) is 0 Å². The Balaban J connectivity index is 1.42. The van der Waals surface area contributed by atoms with E-state index in [0.29, 0.717) is 41.2 Å². The highest BCUT2D eigenvalue weighted by molar-refractivity contribution is 6.30. The summed E-state index contributed by atoms with van der Waals surface area (Å²) in [6, 6.07) is 19.0. The molecular formula is C28H27Cl2FN2O5. The van der Waals surface area contributed by atoms with E-state index < -0.39 is 18.2 Å².